The summed E-state index contributed by atoms with van der Waals surface area (Å²) in [6.45, 7) is 5.51. The molecule has 0 aromatic heterocycles. The molecule has 0 aromatic carbocycles. The Balaban J connectivity index is 4.31. The zero-order valence-electron chi connectivity index (χ0n) is 35.0. The van der Waals surface area contributed by atoms with E-state index < -0.39 is 13.9 Å². The molecular weight excluding hydrogens is 685 g/mol. The van der Waals surface area contributed by atoms with E-state index in [1.165, 1.54) is 77.0 Å². The van der Waals surface area contributed by atoms with Crippen LogP contribution in [-0.4, -0.2) is 75.6 Å². The highest BCUT2D eigenvalue weighted by Crippen LogP contribution is 2.43. The predicted molar refractivity (Wildman–Crippen MR) is 224 cm³/mol. The number of ether oxygens (including phenoxy) is 2. The maximum Gasteiger partial charge on any atom is 0.472 e. The van der Waals surface area contributed by atoms with Gasteiger partial charge in [-0.1, -0.05) is 140 Å². The number of rotatable bonds is 39. The molecule has 53 heavy (non-hydrogen) atoms. The van der Waals surface area contributed by atoms with Crippen molar-refractivity contribution in [1.29, 1.82) is 0 Å². The first kappa shape index (κ1) is 51.5. The van der Waals surface area contributed by atoms with Crippen LogP contribution in [0.4, 0.5) is 0 Å². The molecule has 9 heteroatoms. The zero-order chi connectivity index (χ0) is 39.1. The first-order valence-electron chi connectivity index (χ1n) is 21.4. The maximum atomic E-state index is 12.7. The molecule has 0 amide bonds. The molecular formula is C44H83NO7P+. The molecule has 0 bridgehead atoms. The number of esters is 1. The number of likely N-dealkylation sites (N-methyl/N-ethyl adjacent to an activating group) is 1. The van der Waals surface area contributed by atoms with Crippen molar-refractivity contribution in [2.45, 2.75) is 174 Å². The fourth-order valence-electron chi connectivity index (χ4n) is 5.48. The second kappa shape index (κ2) is 37.4. The van der Waals surface area contributed by atoms with E-state index in [-0.39, 0.29) is 25.8 Å². The predicted octanol–water partition coefficient (Wildman–Crippen LogP) is 12.4. The highest BCUT2D eigenvalue weighted by Gasteiger charge is 2.26. The molecule has 310 valence electrons. The highest BCUT2D eigenvalue weighted by molar-refractivity contribution is 7.47. The monoisotopic (exact) mass is 769 g/mol. The quantitative estimate of drug-likeness (QED) is 0.0219. The van der Waals surface area contributed by atoms with E-state index in [9.17, 15) is 14.3 Å². The summed E-state index contributed by atoms with van der Waals surface area (Å²) in [4.78, 5) is 22.9. The fourth-order valence-corrected chi connectivity index (χ4v) is 6.22. The van der Waals surface area contributed by atoms with Gasteiger partial charge in [0.2, 0.25) is 0 Å². The minimum Gasteiger partial charge on any atom is -0.457 e. The summed E-state index contributed by atoms with van der Waals surface area (Å²) in [6.07, 6.45) is 44.2. The van der Waals surface area contributed by atoms with E-state index in [0.29, 0.717) is 24.1 Å². The number of quaternary nitrogens is 1. The van der Waals surface area contributed by atoms with E-state index in [1.807, 2.05) is 21.1 Å². The molecule has 0 aliphatic rings. The Morgan fingerprint density at radius 3 is 1.58 bits per heavy atom. The number of hydrogen-bond acceptors (Lipinski definition) is 6. The first-order valence-corrected chi connectivity index (χ1v) is 22.9. The van der Waals surface area contributed by atoms with Gasteiger partial charge in [0.25, 0.3) is 0 Å². The highest BCUT2D eigenvalue weighted by atomic mass is 31.2. The molecule has 0 radical (unpaired) electrons. The van der Waals surface area contributed by atoms with Crippen LogP contribution in [0.2, 0.25) is 0 Å². The minimum atomic E-state index is -4.28. The van der Waals surface area contributed by atoms with Crippen LogP contribution in [0.25, 0.3) is 0 Å². The molecule has 0 spiro atoms. The molecule has 2 atom stereocenters. The summed E-state index contributed by atoms with van der Waals surface area (Å²) in [5.74, 6) is -0.333. The number of carbonyl (C=O) groups is 1. The summed E-state index contributed by atoms with van der Waals surface area (Å²) >= 11 is 0. The SMILES string of the molecule is CCCC/C=C\C/C=C\CCCCCCCCOCC(COP(=O)(O)OCC[N+](C)(C)C)OC(=O)CCCCCCC/C=C\C/C=C\CCCCCC. The lowest BCUT2D eigenvalue weighted by molar-refractivity contribution is -0.870. The number of nitrogens with zero attached hydrogens (tertiary/aromatic N) is 1. The van der Waals surface area contributed by atoms with Gasteiger partial charge in [-0.3, -0.25) is 13.8 Å². The fraction of sp³-hybridized carbons (Fsp3) is 0.795. The van der Waals surface area contributed by atoms with Gasteiger partial charge < -0.3 is 18.9 Å². The lowest BCUT2D eigenvalue weighted by Crippen LogP contribution is -2.37. The lowest BCUT2D eigenvalue weighted by Gasteiger charge is -2.24. The van der Waals surface area contributed by atoms with Crippen LogP contribution in [0.5, 0.6) is 0 Å². The zero-order valence-corrected chi connectivity index (χ0v) is 35.9. The van der Waals surface area contributed by atoms with Gasteiger partial charge in [-0.25, -0.2) is 4.57 Å². The molecule has 0 heterocycles. The largest absolute Gasteiger partial charge is 0.472 e. The van der Waals surface area contributed by atoms with Crippen LogP contribution in [0, 0.1) is 0 Å². The smallest absolute Gasteiger partial charge is 0.457 e. The third-order valence-electron chi connectivity index (χ3n) is 8.86. The van der Waals surface area contributed by atoms with Crippen LogP contribution in [-0.2, 0) is 27.9 Å². The van der Waals surface area contributed by atoms with E-state index in [0.717, 1.165) is 70.6 Å². The van der Waals surface area contributed by atoms with Gasteiger partial charge in [-0.2, -0.15) is 0 Å². The number of carbonyl (C=O) groups excluding carboxylic acids is 1. The van der Waals surface area contributed by atoms with Gasteiger partial charge in [0.1, 0.15) is 19.3 Å². The normalized spacial score (nSPS) is 14.3. The number of phosphoric acid groups is 1. The average molecular weight is 769 g/mol. The number of hydrogen-bond donors (Lipinski definition) is 1. The first-order chi connectivity index (χ1) is 25.6. The van der Waals surface area contributed by atoms with Gasteiger partial charge >= 0.3 is 13.8 Å². The van der Waals surface area contributed by atoms with Crippen LogP contribution >= 0.6 is 7.82 Å². The third-order valence-corrected chi connectivity index (χ3v) is 9.85. The molecule has 0 fully saturated rings. The molecule has 0 aliphatic heterocycles. The van der Waals surface area contributed by atoms with Gasteiger partial charge in [0.15, 0.2) is 0 Å². The maximum absolute atomic E-state index is 12.7. The average Bonchev–Trinajstić information content (AvgIpc) is 3.11. The third kappa shape index (κ3) is 41.5. The van der Waals surface area contributed by atoms with Crippen molar-refractivity contribution in [2.24, 2.45) is 0 Å². The van der Waals surface area contributed by atoms with E-state index in [1.54, 1.807) is 0 Å². The number of allylic oxidation sites excluding steroid dienone is 8. The van der Waals surface area contributed by atoms with Gasteiger partial charge in [-0.15, -0.1) is 0 Å². The Bertz CT molecular complexity index is 989. The standard InChI is InChI=1S/C44H82NO7P/c1-6-8-10-12-14-16-18-20-22-23-25-27-29-31-33-35-37-44(46)52-43(42-51-53(47,48)50-40-38-45(3,4)5)41-49-39-36-34-32-30-28-26-24-21-19-17-15-13-11-9-7-2/h13,15-16,18-19,21-23,43H,6-12,14,17,20,24-42H2,1-5H3/p+1/b15-13-,18-16-,21-19-,23-22-. The Kier molecular flexibility index (Phi) is 36.3. The molecule has 0 aromatic rings. The van der Waals surface area contributed by atoms with E-state index >= 15 is 0 Å². The molecule has 2 unspecified atom stereocenters. The van der Waals surface area contributed by atoms with Crippen molar-refractivity contribution in [3.05, 3.63) is 48.6 Å². The van der Waals surface area contributed by atoms with Crippen molar-refractivity contribution < 1.29 is 37.3 Å². The van der Waals surface area contributed by atoms with E-state index in [2.05, 4.69) is 62.5 Å². The van der Waals surface area contributed by atoms with Gasteiger partial charge in [0, 0.05) is 13.0 Å². The summed E-state index contributed by atoms with van der Waals surface area (Å²) in [7, 11) is 1.64. The second-order valence-electron chi connectivity index (χ2n) is 15.4. The van der Waals surface area contributed by atoms with Crippen molar-refractivity contribution in [1.82, 2.24) is 0 Å². The van der Waals surface area contributed by atoms with Gasteiger partial charge in [0.05, 0.1) is 34.4 Å². The summed E-state index contributed by atoms with van der Waals surface area (Å²) in [6, 6.07) is 0. The van der Waals surface area contributed by atoms with Crippen molar-refractivity contribution in [3.63, 3.8) is 0 Å². The van der Waals surface area contributed by atoms with E-state index in [4.69, 9.17) is 18.5 Å². The Labute approximate surface area is 327 Å². The minimum absolute atomic E-state index is 0.0820. The van der Waals surface area contributed by atoms with Crippen molar-refractivity contribution in [2.75, 3.05) is 54.1 Å². The van der Waals surface area contributed by atoms with Crippen LogP contribution in [0.15, 0.2) is 48.6 Å². The van der Waals surface area contributed by atoms with Crippen LogP contribution in [0.3, 0.4) is 0 Å². The molecule has 8 nitrogen and oxygen atoms in total. The summed E-state index contributed by atoms with van der Waals surface area (Å²) in [5, 5.41) is 0. The molecule has 0 rings (SSSR count). The molecule has 1 N–H and O–H groups in total. The Morgan fingerprint density at radius 1 is 0.585 bits per heavy atom. The Hall–Kier alpha value is -1.54. The number of unbranched alkanes of at least 4 members (excludes halogenated alkanes) is 17. The Morgan fingerprint density at radius 2 is 1.06 bits per heavy atom. The second-order valence-corrected chi connectivity index (χ2v) is 16.8. The molecule has 0 saturated carbocycles. The van der Waals surface area contributed by atoms with Crippen molar-refractivity contribution in [3.8, 4) is 0 Å². The number of phosphoric ester groups is 1. The molecule has 0 aliphatic carbocycles. The van der Waals surface area contributed by atoms with Crippen LogP contribution < -0.4 is 0 Å². The van der Waals surface area contributed by atoms with Gasteiger partial charge in [-0.05, 0) is 70.6 Å². The summed E-state index contributed by atoms with van der Waals surface area (Å²) in [5.41, 5.74) is 0. The van der Waals surface area contributed by atoms with Crippen LogP contribution in [0.1, 0.15) is 168 Å². The summed E-state index contributed by atoms with van der Waals surface area (Å²) < 4.78 is 34.9. The topological polar surface area (TPSA) is 91.3 Å². The molecule has 0 saturated heterocycles. The van der Waals surface area contributed by atoms with Crippen molar-refractivity contribution >= 4 is 13.8 Å². The lowest BCUT2D eigenvalue weighted by atomic mass is 10.1.